The Labute approximate surface area is 102 Å². The molecule has 4 nitrogen and oxygen atoms in total. The van der Waals surface area contributed by atoms with Crippen LogP contribution in [0, 0.1) is 6.92 Å². The number of hydrogen-bond donors (Lipinski definition) is 0. The van der Waals surface area contributed by atoms with Crippen LogP contribution in [0.4, 0.5) is 0 Å². The van der Waals surface area contributed by atoms with Gasteiger partial charge in [-0.3, -0.25) is 9.69 Å². The molecule has 0 unspecified atom stereocenters. The zero-order valence-corrected chi connectivity index (χ0v) is 10.6. The minimum absolute atomic E-state index is 0.233. The molecule has 0 atom stereocenters. The molecule has 0 spiro atoms. The van der Waals surface area contributed by atoms with Crippen molar-refractivity contribution >= 4 is 5.97 Å². The van der Waals surface area contributed by atoms with Gasteiger partial charge in [0.15, 0.2) is 0 Å². The minimum atomic E-state index is -0.233. The summed E-state index contributed by atoms with van der Waals surface area (Å²) in [4.78, 5) is 12.9. The summed E-state index contributed by atoms with van der Waals surface area (Å²) in [7, 11) is 3.25. The van der Waals surface area contributed by atoms with Crippen LogP contribution in [0.2, 0.25) is 0 Å². The van der Waals surface area contributed by atoms with Gasteiger partial charge in [-0.2, -0.15) is 0 Å². The van der Waals surface area contributed by atoms with E-state index < -0.39 is 0 Å². The van der Waals surface area contributed by atoms with Crippen LogP contribution in [-0.4, -0.2) is 44.7 Å². The molecule has 94 valence electrons. The lowest BCUT2D eigenvalue weighted by Gasteiger charge is -2.16. The van der Waals surface area contributed by atoms with Gasteiger partial charge < -0.3 is 9.47 Å². The number of carbonyl (C=O) groups excluding carboxylic acids is 1. The fourth-order valence-electron chi connectivity index (χ4n) is 1.39. The lowest BCUT2D eigenvalue weighted by atomic mass is 10.2. The van der Waals surface area contributed by atoms with E-state index >= 15 is 0 Å². The molecule has 17 heavy (non-hydrogen) atoms. The highest BCUT2D eigenvalue weighted by Gasteiger charge is 2.06. The second kappa shape index (κ2) is 6.91. The fourth-order valence-corrected chi connectivity index (χ4v) is 1.39. The Balaban J connectivity index is 2.28. The normalized spacial score (nSPS) is 10.4. The molecule has 0 radical (unpaired) electrons. The lowest BCUT2D eigenvalue weighted by molar-refractivity contribution is -0.141. The topological polar surface area (TPSA) is 38.8 Å². The van der Waals surface area contributed by atoms with E-state index in [-0.39, 0.29) is 12.5 Å². The Kier molecular flexibility index (Phi) is 5.49. The molecule has 1 rings (SSSR count). The van der Waals surface area contributed by atoms with E-state index in [4.69, 9.17) is 4.74 Å². The van der Waals surface area contributed by atoms with Crippen molar-refractivity contribution in [3.05, 3.63) is 29.8 Å². The second-order valence-electron chi connectivity index (χ2n) is 3.93. The Morgan fingerprint density at radius 2 is 2.06 bits per heavy atom. The van der Waals surface area contributed by atoms with Gasteiger partial charge in [-0.25, -0.2) is 0 Å². The number of nitrogens with zero attached hydrogens (tertiary/aromatic N) is 1. The predicted octanol–water partition coefficient (Wildman–Crippen LogP) is 1.48. The van der Waals surface area contributed by atoms with E-state index in [0.29, 0.717) is 13.2 Å². The van der Waals surface area contributed by atoms with E-state index in [2.05, 4.69) is 4.74 Å². The van der Waals surface area contributed by atoms with Crippen LogP contribution in [0.3, 0.4) is 0 Å². The molecular formula is C13H19NO3. The number of hydrogen-bond acceptors (Lipinski definition) is 4. The van der Waals surface area contributed by atoms with Crippen molar-refractivity contribution in [1.29, 1.82) is 0 Å². The molecule has 0 bridgehead atoms. The maximum absolute atomic E-state index is 11.0. The smallest absolute Gasteiger partial charge is 0.319 e. The first-order valence-corrected chi connectivity index (χ1v) is 5.57. The first kappa shape index (κ1) is 13.5. The Morgan fingerprint density at radius 3 is 2.71 bits per heavy atom. The summed E-state index contributed by atoms with van der Waals surface area (Å²) in [6.45, 7) is 3.53. The quantitative estimate of drug-likeness (QED) is 0.702. The first-order valence-electron chi connectivity index (χ1n) is 5.57. The van der Waals surface area contributed by atoms with Crippen molar-refractivity contribution < 1.29 is 14.3 Å². The Morgan fingerprint density at radius 1 is 1.35 bits per heavy atom. The van der Waals surface area contributed by atoms with Gasteiger partial charge >= 0.3 is 5.97 Å². The number of ether oxygens (including phenoxy) is 2. The Hall–Kier alpha value is -1.55. The average Bonchev–Trinajstić information content (AvgIpc) is 2.31. The van der Waals surface area contributed by atoms with E-state index in [0.717, 1.165) is 11.3 Å². The average molecular weight is 237 g/mol. The molecule has 0 saturated heterocycles. The van der Waals surface area contributed by atoms with Gasteiger partial charge in [-0.15, -0.1) is 0 Å². The number of benzene rings is 1. The molecule has 0 N–H and O–H groups in total. The van der Waals surface area contributed by atoms with Crippen LogP contribution in [0.1, 0.15) is 5.56 Å². The third-order valence-electron chi connectivity index (χ3n) is 2.45. The summed E-state index contributed by atoms with van der Waals surface area (Å²) >= 11 is 0. The van der Waals surface area contributed by atoms with Crippen molar-refractivity contribution in [2.24, 2.45) is 0 Å². The van der Waals surface area contributed by atoms with E-state index in [9.17, 15) is 4.79 Å². The standard InChI is InChI=1S/C13H19NO3/c1-11-6-4-5-7-12(11)17-9-8-14(2)10-13(15)16-3/h4-7H,8-10H2,1-3H3. The van der Waals surface area contributed by atoms with E-state index in [1.165, 1.54) is 7.11 Å². The van der Waals surface area contributed by atoms with Gasteiger partial charge in [-0.05, 0) is 25.6 Å². The van der Waals surface area contributed by atoms with Crippen LogP contribution in [0.5, 0.6) is 5.75 Å². The number of esters is 1. The van der Waals surface area contributed by atoms with Crippen LogP contribution >= 0.6 is 0 Å². The molecule has 0 heterocycles. The van der Waals surface area contributed by atoms with E-state index in [1.54, 1.807) is 0 Å². The van der Waals surface area contributed by atoms with Crippen molar-refractivity contribution in [3.8, 4) is 5.75 Å². The molecule has 1 aromatic rings. The maximum Gasteiger partial charge on any atom is 0.319 e. The molecule has 0 aliphatic carbocycles. The third kappa shape index (κ3) is 4.87. The summed E-state index contributed by atoms with van der Waals surface area (Å²) in [6.07, 6.45) is 0. The van der Waals surface area contributed by atoms with Crippen LogP contribution in [0.25, 0.3) is 0 Å². The molecule has 0 aliphatic heterocycles. The molecule has 0 fully saturated rings. The van der Waals surface area contributed by atoms with Gasteiger partial charge in [0.25, 0.3) is 0 Å². The molecule has 0 aromatic heterocycles. The van der Waals surface area contributed by atoms with Crippen molar-refractivity contribution in [1.82, 2.24) is 4.90 Å². The van der Waals surface area contributed by atoms with Crippen molar-refractivity contribution in [3.63, 3.8) is 0 Å². The zero-order valence-electron chi connectivity index (χ0n) is 10.6. The molecule has 0 saturated carbocycles. The number of likely N-dealkylation sites (N-methyl/N-ethyl adjacent to an activating group) is 1. The van der Waals surface area contributed by atoms with Crippen molar-refractivity contribution in [2.75, 3.05) is 33.9 Å². The third-order valence-corrected chi connectivity index (χ3v) is 2.45. The second-order valence-corrected chi connectivity index (χ2v) is 3.93. The van der Waals surface area contributed by atoms with Crippen molar-refractivity contribution in [2.45, 2.75) is 6.92 Å². The largest absolute Gasteiger partial charge is 0.492 e. The molecular weight excluding hydrogens is 218 g/mol. The van der Waals surface area contributed by atoms with Gasteiger partial charge in [-0.1, -0.05) is 18.2 Å². The predicted molar refractivity (Wildman–Crippen MR) is 66.2 cm³/mol. The lowest BCUT2D eigenvalue weighted by Crippen LogP contribution is -2.30. The number of para-hydroxylation sites is 1. The molecule has 0 amide bonds. The number of aryl methyl sites for hydroxylation is 1. The van der Waals surface area contributed by atoms with Gasteiger partial charge in [0.1, 0.15) is 12.4 Å². The van der Waals surface area contributed by atoms with Gasteiger partial charge in [0.05, 0.1) is 13.7 Å². The Bertz CT molecular complexity index is 365. The summed E-state index contributed by atoms with van der Waals surface area (Å²) in [6, 6.07) is 7.87. The van der Waals surface area contributed by atoms with Crippen LogP contribution in [0.15, 0.2) is 24.3 Å². The zero-order chi connectivity index (χ0) is 12.7. The number of methoxy groups -OCH3 is 1. The molecule has 1 aromatic carbocycles. The number of rotatable bonds is 6. The highest BCUT2D eigenvalue weighted by Crippen LogP contribution is 2.15. The fraction of sp³-hybridized carbons (Fsp3) is 0.462. The summed E-state index contributed by atoms with van der Waals surface area (Å²) in [5.41, 5.74) is 1.11. The van der Waals surface area contributed by atoms with E-state index in [1.807, 2.05) is 43.1 Å². The number of carbonyl (C=O) groups is 1. The van der Waals surface area contributed by atoms with Gasteiger partial charge in [0, 0.05) is 6.54 Å². The molecule has 0 aliphatic rings. The first-order chi connectivity index (χ1) is 8.13. The SMILES string of the molecule is COC(=O)CN(C)CCOc1ccccc1C. The monoisotopic (exact) mass is 237 g/mol. The summed E-state index contributed by atoms with van der Waals surface area (Å²) < 4.78 is 10.2. The van der Waals surface area contributed by atoms with Gasteiger partial charge in [0.2, 0.25) is 0 Å². The minimum Gasteiger partial charge on any atom is -0.492 e. The maximum atomic E-state index is 11.0. The summed E-state index contributed by atoms with van der Waals surface area (Å²) in [5.74, 6) is 0.655. The summed E-state index contributed by atoms with van der Waals surface area (Å²) in [5, 5.41) is 0. The highest BCUT2D eigenvalue weighted by atomic mass is 16.5. The molecule has 4 heteroatoms. The van der Waals surface area contributed by atoms with Crippen LogP contribution < -0.4 is 4.74 Å². The van der Waals surface area contributed by atoms with Crippen LogP contribution in [-0.2, 0) is 9.53 Å². The highest BCUT2D eigenvalue weighted by molar-refractivity contribution is 5.71.